The summed E-state index contributed by atoms with van der Waals surface area (Å²) in [7, 11) is 0. The van der Waals surface area contributed by atoms with E-state index in [1.165, 1.54) is 12.1 Å². The van der Waals surface area contributed by atoms with Crippen molar-refractivity contribution in [1.29, 1.82) is 5.26 Å². The molecule has 1 fully saturated rings. The summed E-state index contributed by atoms with van der Waals surface area (Å²) < 4.78 is 18.9. The lowest BCUT2D eigenvalue weighted by atomic mass is 9.78. The highest BCUT2D eigenvalue weighted by molar-refractivity contribution is 6.00. The van der Waals surface area contributed by atoms with Gasteiger partial charge >= 0.3 is 0 Å². The summed E-state index contributed by atoms with van der Waals surface area (Å²) in [5, 5.41) is 12.4. The molecule has 2 aromatic rings. The topological polar surface area (TPSA) is 62.1 Å². The van der Waals surface area contributed by atoms with Crippen molar-refractivity contribution in [2.24, 2.45) is 0 Å². The summed E-state index contributed by atoms with van der Waals surface area (Å²) in [6, 6.07) is 13.4. The molecule has 1 amide bonds. The second kappa shape index (κ2) is 8.22. The van der Waals surface area contributed by atoms with Crippen LogP contribution in [-0.2, 0) is 10.2 Å². The van der Waals surface area contributed by atoms with Crippen molar-refractivity contribution < 1.29 is 13.9 Å². The smallest absolute Gasteiger partial charge is 0.235 e. The van der Waals surface area contributed by atoms with Crippen molar-refractivity contribution in [2.75, 3.05) is 11.9 Å². The van der Waals surface area contributed by atoms with Crippen LogP contribution in [0.1, 0.15) is 50.2 Å². The van der Waals surface area contributed by atoms with Gasteiger partial charge in [-0.2, -0.15) is 5.26 Å². The number of rotatable bonds is 6. The molecular formula is C22H23FN2O2. The van der Waals surface area contributed by atoms with Crippen molar-refractivity contribution in [3.8, 4) is 11.8 Å². The zero-order chi connectivity index (χ0) is 19.3. The SMILES string of the molecule is CCCOc1ccc(NC(=O)C2(c3ccc(F)cc3)CCCC2)c(C#N)c1. The molecule has 27 heavy (non-hydrogen) atoms. The number of anilines is 1. The maximum atomic E-state index is 13.3. The van der Waals surface area contributed by atoms with E-state index in [4.69, 9.17) is 4.74 Å². The van der Waals surface area contributed by atoms with Crippen molar-refractivity contribution in [1.82, 2.24) is 0 Å². The molecule has 4 nitrogen and oxygen atoms in total. The fourth-order valence-corrected chi connectivity index (χ4v) is 3.67. The third kappa shape index (κ3) is 3.95. The Morgan fingerprint density at radius 3 is 2.56 bits per heavy atom. The van der Waals surface area contributed by atoms with Gasteiger partial charge in [0.1, 0.15) is 17.6 Å². The Morgan fingerprint density at radius 2 is 1.93 bits per heavy atom. The molecule has 2 aromatic carbocycles. The summed E-state index contributed by atoms with van der Waals surface area (Å²) in [4.78, 5) is 13.2. The van der Waals surface area contributed by atoms with Crippen LogP contribution >= 0.6 is 0 Å². The predicted molar refractivity (Wildman–Crippen MR) is 102 cm³/mol. The van der Waals surface area contributed by atoms with Crippen molar-refractivity contribution >= 4 is 11.6 Å². The Hall–Kier alpha value is -2.87. The number of nitriles is 1. The number of carbonyl (C=O) groups is 1. The fraction of sp³-hybridized carbons (Fsp3) is 0.364. The molecular weight excluding hydrogens is 343 g/mol. The van der Waals surface area contributed by atoms with Gasteiger partial charge in [-0.25, -0.2) is 4.39 Å². The lowest BCUT2D eigenvalue weighted by molar-refractivity contribution is -0.121. The Balaban J connectivity index is 1.86. The van der Waals surface area contributed by atoms with E-state index in [-0.39, 0.29) is 11.7 Å². The number of amides is 1. The van der Waals surface area contributed by atoms with Gasteiger partial charge in [-0.3, -0.25) is 4.79 Å². The van der Waals surface area contributed by atoms with Gasteiger partial charge in [0.15, 0.2) is 0 Å². The molecule has 140 valence electrons. The normalized spacial score (nSPS) is 15.1. The molecule has 0 spiro atoms. The number of nitrogens with zero attached hydrogens (tertiary/aromatic N) is 1. The number of benzene rings is 2. The second-order valence-electron chi connectivity index (χ2n) is 6.92. The molecule has 0 heterocycles. The molecule has 0 bridgehead atoms. The van der Waals surface area contributed by atoms with Gasteiger partial charge in [-0.1, -0.05) is 31.9 Å². The lowest BCUT2D eigenvalue weighted by Gasteiger charge is -2.28. The molecule has 1 aliphatic carbocycles. The summed E-state index contributed by atoms with van der Waals surface area (Å²) in [6.45, 7) is 2.58. The maximum Gasteiger partial charge on any atom is 0.235 e. The van der Waals surface area contributed by atoms with Crippen LogP contribution in [-0.4, -0.2) is 12.5 Å². The predicted octanol–water partition coefficient (Wildman–Crippen LogP) is 4.94. The van der Waals surface area contributed by atoms with E-state index in [1.807, 2.05) is 6.92 Å². The third-order valence-corrected chi connectivity index (χ3v) is 5.12. The van der Waals surface area contributed by atoms with Gasteiger partial charge in [-0.15, -0.1) is 0 Å². The van der Waals surface area contributed by atoms with Gasteiger partial charge < -0.3 is 10.1 Å². The van der Waals surface area contributed by atoms with E-state index in [1.54, 1.807) is 30.3 Å². The number of hydrogen-bond acceptors (Lipinski definition) is 3. The Kier molecular flexibility index (Phi) is 5.75. The van der Waals surface area contributed by atoms with Gasteiger partial charge in [0.2, 0.25) is 5.91 Å². The molecule has 5 heteroatoms. The van der Waals surface area contributed by atoms with Gasteiger partial charge in [-0.05, 0) is 55.2 Å². The summed E-state index contributed by atoms with van der Waals surface area (Å²) in [6.07, 6.45) is 4.19. The number of halogens is 1. The van der Waals surface area contributed by atoms with Gasteiger partial charge in [0.05, 0.1) is 23.3 Å². The Labute approximate surface area is 159 Å². The molecule has 1 aliphatic rings. The summed E-state index contributed by atoms with van der Waals surface area (Å²) in [5.41, 5.74) is 0.974. The van der Waals surface area contributed by atoms with E-state index >= 15 is 0 Å². The van der Waals surface area contributed by atoms with Crippen LogP contribution in [0.4, 0.5) is 10.1 Å². The number of hydrogen-bond donors (Lipinski definition) is 1. The van der Waals surface area contributed by atoms with E-state index in [2.05, 4.69) is 11.4 Å². The highest BCUT2D eigenvalue weighted by Crippen LogP contribution is 2.42. The monoisotopic (exact) mass is 366 g/mol. The average molecular weight is 366 g/mol. The van der Waals surface area contributed by atoms with E-state index < -0.39 is 5.41 Å². The number of nitrogens with one attached hydrogen (secondary N) is 1. The van der Waals surface area contributed by atoms with Crippen LogP contribution in [0.15, 0.2) is 42.5 Å². The number of ether oxygens (including phenoxy) is 1. The molecule has 1 saturated carbocycles. The maximum absolute atomic E-state index is 13.3. The molecule has 0 aliphatic heterocycles. The summed E-state index contributed by atoms with van der Waals surface area (Å²) in [5.74, 6) is 0.146. The van der Waals surface area contributed by atoms with Crippen molar-refractivity contribution in [2.45, 2.75) is 44.4 Å². The molecule has 0 aromatic heterocycles. The number of carbonyl (C=O) groups excluding carboxylic acids is 1. The Bertz CT molecular complexity index is 850. The minimum Gasteiger partial charge on any atom is -0.494 e. The molecule has 1 N–H and O–H groups in total. The Morgan fingerprint density at radius 1 is 1.22 bits per heavy atom. The van der Waals surface area contributed by atoms with Crippen LogP contribution in [0, 0.1) is 17.1 Å². The molecule has 0 atom stereocenters. The van der Waals surface area contributed by atoms with Crippen molar-refractivity contribution in [3.63, 3.8) is 0 Å². The van der Waals surface area contributed by atoms with Gasteiger partial charge in [0, 0.05) is 0 Å². The van der Waals surface area contributed by atoms with Crippen LogP contribution in [0.3, 0.4) is 0 Å². The van der Waals surface area contributed by atoms with E-state index in [0.29, 0.717) is 36.4 Å². The quantitative estimate of drug-likeness (QED) is 0.788. The van der Waals surface area contributed by atoms with E-state index in [0.717, 1.165) is 24.8 Å². The van der Waals surface area contributed by atoms with Crippen molar-refractivity contribution in [3.05, 3.63) is 59.4 Å². The second-order valence-corrected chi connectivity index (χ2v) is 6.92. The van der Waals surface area contributed by atoms with Gasteiger partial charge in [0.25, 0.3) is 0 Å². The molecule has 0 unspecified atom stereocenters. The first kappa shape index (κ1) is 18.9. The minimum atomic E-state index is -0.683. The van der Waals surface area contributed by atoms with Crippen LogP contribution in [0.25, 0.3) is 0 Å². The third-order valence-electron chi connectivity index (χ3n) is 5.12. The zero-order valence-electron chi connectivity index (χ0n) is 15.4. The van der Waals surface area contributed by atoms with Crippen LogP contribution in [0.5, 0.6) is 5.75 Å². The first-order valence-electron chi connectivity index (χ1n) is 9.33. The van der Waals surface area contributed by atoms with Crippen LogP contribution < -0.4 is 10.1 Å². The lowest BCUT2D eigenvalue weighted by Crippen LogP contribution is -2.38. The molecule has 3 rings (SSSR count). The largest absolute Gasteiger partial charge is 0.494 e. The first-order chi connectivity index (χ1) is 13.1. The van der Waals surface area contributed by atoms with E-state index in [9.17, 15) is 14.4 Å². The highest BCUT2D eigenvalue weighted by Gasteiger charge is 2.42. The average Bonchev–Trinajstić information content (AvgIpc) is 3.19. The van der Waals surface area contributed by atoms with Crippen LogP contribution in [0.2, 0.25) is 0 Å². The summed E-state index contributed by atoms with van der Waals surface area (Å²) >= 11 is 0. The minimum absolute atomic E-state index is 0.148. The fourth-order valence-electron chi connectivity index (χ4n) is 3.67. The first-order valence-corrected chi connectivity index (χ1v) is 9.33. The molecule has 0 radical (unpaired) electrons. The standard InChI is InChI=1S/C22H23FN2O2/c1-2-13-27-19-9-10-20(16(14-19)15-24)25-21(26)22(11-3-4-12-22)17-5-7-18(23)8-6-17/h5-10,14H,2-4,11-13H2,1H3,(H,25,26). The zero-order valence-corrected chi connectivity index (χ0v) is 15.4. The highest BCUT2D eigenvalue weighted by atomic mass is 19.1. The molecule has 0 saturated heterocycles.